The minimum Gasteiger partial charge on any atom is -0.475 e. The van der Waals surface area contributed by atoms with Crippen LogP contribution < -0.4 is 10.1 Å². The summed E-state index contributed by atoms with van der Waals surface area (Å²) in [5, 5.41) is 2.24. The Bertz CT molecular complexity index is 658. The maximum absolute atomic E-state index is 13.8. The van der Waals surface area contributed by atoms with Gasteiger partial charge >= 0.3 is 6.18 Å². The lowest BCUT2D eigenvalue weighted by Gasteiger charge is -2.33. The van der Waals surface area contributed by atoms with Crippen LogP contribution in [0, 0.1) is 29.9 Å². The quantitative estimate of drug-likeness (QED) is 0.654. The number of ether oxygens (including phenoxy) is 1. The van der Waals surface area contributed by atoms with Crippen LogP contribution in [0.4, 0.5) is 22.0 Å². The maximum atomic E-state index is 13.8. The van der Waals surface area contributed by atoms with Crippen molar-refractivity contribution in [2.45, 2.75) is 37.9 Å². The number of nitrogens with one attached hydrogen (secondary N) is 1. The molecule has 1 aliphatic rings. The molecule has 1 aromatic carbocycles. The highest BCUT2D eigenvalue weighted by Gasteiger charge is 2.46. The predicted molar refractivity (Wildman–Crippen MR) is 80.0 cm³/mol. The minimum atomic E-state index is -4.44. The Kier molecular flexibility index (Phi) is 5.88. The summed E-state index contributed by atoms with van der Waals surface area (Å²) in [5.74, 6) is -3.65. The average Bonchev–Trinajstić information content (AvgIpc) is 2.53. The van der Waals surface area contributed by atoms with Crippen LogP contribution in [0.3, 0.4) is 0 Å². The molecule has 1 N–H and O–H groups in total. The molecule has 136 valence electrons. The van der Waals surface area contributed by atoms with E-state index in [0.29, 0.717) is 25.0 Å². The van der Waals surface area contributed by atoms with Gasteiger partial charge in [0.2, 0.25) is 0 Å². The molecule has 1 amide bonds. The zero-order valence-electron chi connectivity index (χ0n) is 13.1. The van der Waals surface area contributed by atoms with Crippen molar-refractivity contribution >= 4 is 5.91 Å². The van der Waals surface area contributed by atoms with Gasteiger partial charge in [0.15, 0.2) is 17.4 Å². The van der Waals surface area contributed by atoms with Gasteiger partial charge in [0, 0.05) is 11.6 Å². The van der Waals surface area contributed by atoms with E-state index in [-0.39, 0.29) is 19.4 Å². The zero-order valence-corrected chi connectivity index (χ0v) is 13.1. The molecule has 0 spiro atoms. The number of benzene rings is 1. The summed E-state index contributed by atoms with van der Waals surface area (Å²) in [6.07, 6.45) is 1.52. The topological polar surface area (TPSA) is 38.3 Å². The Balaban J connectivity index is 2.16. The molecule has 25 heavy (non-hydrogen) atoms. The van der Waals surface area contributed by atoms with Gasteiger partial charge in [-0.15, -0.1) is 6.42 Å². The molecule has 0 bridgehead atoms. The summed E-state index contributed by atoms with van der Waals surface area (Å²) in [7, 11) is 0. The number of terminal acetylenes is 1. The summed E-state index contributed by atoms with van der Waals surface area (Å²) < 4.78 is 71.5. The van der Waals surface area contributed by atoms with Crippen molar-refractivity contribution in [1.82, 2.24) is 5.32 Å². The smallest absolute Gasteiger partial charge is 0.393 e. The van der Waals surface area contributed by atoms with Crippen LogP contribution in [0.5, 0.6) is 5.75 Å². The second-order valence-electron chi connectivity index (χ2n) is 5.77. The number of amides is 1. The van der Waals surface area contributed by atoms with Crippen molar-refractivity contribution in [2.75, 3.05) is 6.61 Å². The van der Waals surface area contributed by atoms with Gasteiger partial charge in [-0.05, 0) is 25.0 Å². The Labute approximate surface area is 141 Å². The molecule has 2 atom stereocenters. The number of halogens is 5. The van der Waals surface area contributed by atoms with Crippen molar-refractivity contribution in [2.24, 2.45) is 5.92 Å². The number of hydrogen-bond acceptors (Lipinski definition) is 2. The number of carbonyl (C=O) groups excluding carboxylic acids is 1. The fourth-order valence-electron chi connectivity index (χ4n) is 2.89. The van der Waals surface area contributed by atoms with Gasteiger partial charge in [-0.25, -0.2) is 8.78 Å². The molecule has 3 nitrogen and oxygen atoms in total. The first-order valence-corrected chi connectivity index (χ1v) is 7.67. The molecule has 1 fully saturated rings. The summed E-state index contributed by atoms with van der Waals surface area (Å²) in [4.78, 5) is 12.1. The van der Waals surface area contributed by atoms with E-state index < -0.39 is 47.0 Å². The number of rotatable bonds is 4. The lowest BCUT2D eigenvalue weighted by atomic mass is 9.84. The van der Waals surface area contributed by atoms with Gasteiger partial charge in [-0.2, -0.15) is 13.2 Å². The van der Waals surface area contributed by atoms with Gasteiger partial charge < -0.3 is 10.1 Å². The summed E-state index contributed by atoms with van der Waals surface area (Å²) in [6, 6.07) is 0.287. The molecule has 8 heteroatoms. The highest BCUT2D eigenvalue weighted by Crippen LogP contribution is 2.37. The Morgan fingerprint density at radius 3 is 2.40 bits per heavy atom. The fourth-order valence-corrected chi connectivity index (χ4v) is 2.89. The standard InChI is InChI=1S/C17H16F5NO2/c1-2-7-25-15-12(18)8-10(9-13(15)19)16(24)23-14-6-4-3-5-11(14)17(20,21)22/h1,8-9,11,14H,3-7H2,(H,23,24). The first-order valence-electron chi connectivity index (χ1n) is 7.67. The lowest BCUT2D eigenvalue weighted by Crippen LogP contribution is -2.47. The van der Waals surface area contributed by atoms with E-state index >= 15 is 0 Å². The minimum absolute atomic E-state index is 0.0873. The molecule has 1 saturated carbocycles. The van der Waals surface area contributed by atoms with Crippen LogP contribution in [-0.4, -0.2) is 24.7 Å². The number of carbonyl (C=O) groups is 1. The lowest BCUT2D eigenvalue weighted by molar-refractivity contribution is -0.187. The molecule has 2 rings (SSSR count). The van der Waals surface area contributed by atoms with Gasteiger partial charge in [0.25, 0.3) is 5.91 Å². The van der Waals surface area contributed by atoms with E-state index in [4.69, 9.17) is 11.2 Å². The van der Waals surface area contributed by atoms with Crippen molar-refractivity contribution in [3.8, 4) is 18.1 Å². The van der Waals surface area contributed by atoms with Crippen molar-refractivity contribution in [1.29, 1.82) is 0 Å². The summed E-state index contributed by atoms with van der Waals surface area (Å²) in [6.45, 7) is -0.366. The first-order chi connectivity index (χ1) is 11.7. The monoisotopic (exact) mass is 361 g/mol. The van der Waals surface area contributed by atoms with Crippen molar-refractivity contribution < 1.29 is 31.5 Å². The van der Waals surface area contributed by atoms with Gasteiger partial charge in [-0.3, -0.25) is 4.79 Å². The SMILES string of the molecule is C#CCOc1c(F)cc(C(=O)NC2CCCCC2C(F)(F)F)cc1F. The normalized spacial score (nSPS) is 20.6. The highest BCUT2D eigenvalue weighted by atomic mass is 19.4. The van der Waals surface area contributed by atoms with Crippen LogP contribution >= 0.6 is 0 Å². The fraction of sp³-hybridized carbons (Fsp3) is 0.471. The Hall–Kier alpha value is -2.30. The summed E-state index contributed by atoms with van der Waals surface area (Å²) in [5.41, 5.74) is -0.422. The predicted octanol–water partition coefficient (Wildman–Crippen LogP) is 3.83. The molecular weight excluding hydrogens is 345 g/mol. The van der Waals surface area contributed by atoms with Crippen molar-refractivity contribution in [3.05, 3.63) is 29.3 Å². The molecule has 2 unspecified atom stereocenters. The Morgan fingerprint density at radius 2 is 1.84 bits per heavy atom. The molecule has 0 radical (unpaired) electrons. The van der Waals surface area contributed by atoms with Crippen LogP contribution in [-0.2, 0) is 0 Å². The van der Waals surface area contributed by atoms with Crippen LogP contribution in [0.15, 0.2) is 12.1 Å². The third-order valence-electron chi connectivity index (χ3n) is 4.06. The molecule has 0 aliphatic heterocycles. The van der Waals surface area contributed by atoms with Gasteiger partial charge in [0.05, 0.1) is 5.92 Å². The van der Waals surface area contributed by atoms with E-state index in [0.717, 1.165) is 0 Å². The van der Waals surface area contributed by atoms with Crippen LogP contribution in [0.1, 0.15) is 36.0 Å². The van der Waals surface area contributed by atoms with Crippen LogP contribution in [0.2, 0.25) is 0 Å². The third-order valence-corrected chi connectivity index (χ3v) is 4.06. The maximum Gasteiger partial charge on any atom is 0.393 e. The van der Waals surface area contributed by atoms with E-state index in [1.807, 2.05) is 5.92 Å². The second kappa shape index (κ2) is 7.72. The number of alkyl halides is 3. The second-order valence-corrected chi connectivity index (χ2v) is 5.77. The van der Waals surface area contributed by atoms with E-state index in [9.17, 15) is 26.7 Å². The summed E-state index contributed by atoms with van der Waals surface area (Å²) >= 11 is 0. The number of hydrogen-bond donors (Lipinski definition) is 1. The molecule has 0 aromatic heterocycles. The van der Waals surface area contributed by atoms with Crippen molar-refractivity contribution in [3.63, 3.8) is 0 Å². The zero-order chi connectivity index (χ0) is 18.6. The van der Waals surface area contributed by atoms with Gasteiger partial charge in [-0.1, -0.05) is 18.8 Å². The molecule has 0 saturated heterocycles. The van der Waals surface area contributed by atoms with E-state index in [2.05, 4.69) is 5.32 Å². The first kappa shape index (κ1) is 19.0. The highest BCUT2D eigenvalue weighted by molar-refractivity contribution is 5.94. The van der Waals surface area contributed by atoms with E-state index in [1.165, 1.54) is 0 Å². The van der Waals surface area contributed by atoms with E-state index in [1.54, 1.807) is 0 Å². The van der Waals surface area contributed by atoms with Crippen LogP contribution in [0.25, 0.3) is 0 Å². The molecule has 1 aliphatic carbocycles. The third kappa shape index (κ3) is 4.62. The molecule has 0 heterocycles. The largest absolute Gasteiger partial charge is 0.475 e. The Morgan fingerprint density at radius 1 is 1.24 bits per heavy atom. The van der Waals surface area contributed by atoms with Gasteiger partial charge in [0.1, 0.15) is 6.61 Å². The molecular formula is C17H16F5NO2. The average molecular weight is 361 g/mol. The molecule has 1 aromatic rings.